The topological polar surface area (TPSA) is 40.5 Å². The van der Waals surface area contributed by atoms with E-state index in [1.165, 1.54) is 11.3 Å². The van der Waals surface area contributed by atoms with Crippen LogP contribution < -0.4 is 4.90 Å². The number of hydrogen-bond acceptors (Lipinski definition) is 2. The predicted octanol–water partition coefficient (Wildman–Crippen LogP) is 1.53. The number of para-hydroxylation sites is 1. The smallest absolute Gasteiger partial charge is 0.381 e. The number of aryl methyl sites for hydroxylation is 1. The van der Waals surface area contributed by atoms with Gasteiger partial charge in [-0.3, -0.25) is 0 Å². The Kier molecular flexibility index (Phi) is 3.11. The molecule has 0 aliphatic carbocycles. The van der Waals surface area contributed by atoms with E-state index in [4.69, 9.17) is 5.11 Å². The molecule has 16 heavy (non-hydrogen) atoms. The monoisotopic (exact) mass is 215 g/mol. The van der Waals surface area contributed by atoms with Gasteiger partial charge in [-0.2, -0.15) is 0 Å². The molecule has 0 spiro atoms. The molecule has 3 heteroatoms. The van der Waals surface area contributed by atoms with Crippen LogP contribution in [0, 0.1) is 11.8 Å². The molecule has 2 rings (SSSR count). The van der Waals surface area contributed by atoms with Gasteiger partial charge in [0.25, 0.3) is 0 Å². The molecule has 1 aliphatic heterocycles. The number of benzene rings is 1. The molecule has 1 N–H and O–H groups in total. The summed E-state index contributed by atoms with van der Waals surface area (Å²) in [6.07, 6.45) is 2.20. The number of anilines is 1. The fourth-order valence-corrected chi connectivity index (χ4v) is 1.99. The van der Waals surface area contributed by atoms with Crippen LogP contribution >= 0.6 is 0 Å². The van der Waals surface area contributed by atoms with Gasteiger partial charge in [-0.25, -0.2) is 4.79 Å². The number of nitrogens with zero attached hydrogens (tertiary/aromatic N) is 1. The van der Waals surface area contributed by atoms with Gasteiger partial charge in [0.05, 0.1) is 6.54 Å². The molecule has 0 aromatic heterocycles. The SMILES string of the molecule is O=C(O)C#CCN1CCCc2ccccc21. The highest BCUT2D eigenvalue weighted by atomic mass is 16.4. The molecule has 1 aromatic rings. The number of hydrogen-bond donors (Lipinski definition) is 1. The van der Waals surface area contributed by atoms with Crippen LogP contribution in [-0.2, 0) is 11.2 Å². The van der Waals surface area contributed by atoms with Crippen molar-refractivity contribution in [2.45, 2.75) is 12.8 Å². The van der Waals surface area contributed by atoms with E-state index in [1.807, 2.05) is 12.1 Å². The van der Waals surface area contributed by atoms with Crippen LogP contribution in [0.5, 0.6) is 0 Å². The third kappa shape index (κ3) is 2.34. The molecule has 3 nitrogen and oxygen atoms in total. The lowest BCUT2D eigenvalue weighted by Crippen LogP contribution is -2.29. The number of carboxylic acid groups (broad SMARTS) is 1. The average molecular weight is 215 g/mol. The summed E-state index contributed by atoms with van der Waals surface area (Å²) in [5.41, 5.74) is 2.51. The molecular formula is C13H13NO2. The summed E-state index contributed by atoms with van der Waals surface area (Å²) < 4.78 is 0. The summed E-state index contributed by atoms with van der Waals surface area (Å²) in [6, 6.07) is 8.22. The van der Waals surface area contributed by atoms with Gasteiger partial charge in [-0.1, -0.05) is 24.1 Å². The zero-order valence-electron chi connectivity index (χ0n) is 8.94. The van der Waals surface area contributed by atoms with Crippen molar-refractivity contribution in [1.29, 1.82) is 0 Å². The molecule has 0 amide bonds. The van der Waals surface area contributed by atoms with E-state index in [0.717, 1.165) is 19.4 Å². The summed E-state index contributed by atoms with van der Waals surface area (Å²) >= 11 is 0. The van der Waals surface area contributed by atoms with Crippen molar-refractivity contribution < 1.29 is 9.90 Å². The largest absolute Gasteiger partial charge is 0.472 e. The first kappa shape index (κ1) is 10.6. The van der Waals surface area contributed by atoms with Crippen molar-refractivity contribution in [3.63, 3.8) is 0 Å². The molecule has 1 aromatic carbocycles. The Labute approximate surface area is 94.7 Å². The van der Waals surface area contributed by atoms with E-state index in [-0.39, 0.29) is 0 Å². The first-order valence-corrected chi connectivity index (χ1v) is 5.32. The fraction of sp³-hybridized carbons (Fsp3) is 0.308. The first-order chi connectivity index (χ1) is 7.77. The molecule has 0 saturated heterocycles. The van der Waals surface area contributed by atoms with Crippen LogP contribution in [0.1, 0.15) is 12.0 Å². The van der Waals surface area contributed by atoms with Gasteiger partial charge >= 0.3 is 5.97 Å². The van der Waals surface area contributed by atoms with Gasteiger partial charge in [-0.15, -0.1) is 0 Å². The highest BCUT2D eigenvalue weighted by molar-refractivity contribution is 5.86. The van der Waals surface area contributed by atoms with Crippen molar-refractivity contribution in [1.82, 2.24) is 0 Å². The Morgan fingerprint density at radius 2 is 2.25 bits per heavy atom. The highest BCUT2D eigenvalue weighted by Crippen LogP contribution is 2.25. The van der Waals surface area contributed by atoms with Crippen LogP contribution in [0.25, 0.3) is 0 Å². The van der Waals surface area contributed by atoms with Gasteiger partial charge in [0.2, 0.25) is 0 Å². The van der Waals surface area contributed by atoms with Gasteiger partial charge in [0.15, 0.2) is 0 Å². The predicted molar refractivity (Wildman–Crippen MR) is 62.4 cm³/mol. The average Bonchev–Trinajstić information content (AvgIpc) is 2.29. The van der Waals surface area contributed by atoms with E-state index in [9.17, 15) is 4.79 Å². The Bertz CT molecular complexity index is 456. The quantitative estimate of drug-likeness (QED) is 0.722. The second-order valence-electron chi connectivity index (χ2n) is 3.76. The Morgan fingerprint density at radius 1 is 1.44 bits per heavy atom. The van der Waals surface area contributed by atoms with Crippen LogP contribution in [-0.4, -0.2) is 24.2 Å². The molecule has 1 aliphatic rings. The van der Waals surface area contributed by atoms with E-state index in [2.05, 4.69) is 28.9 Å². The second-order valence-corrected chi connectivity index (χ2v) is 3.76. The number of rotatable bonds is 1. The van der Waals surface area contributed by atoms with E-state index < -0.39 is 5.97 Å². The third-order valence-corrected chi connectivity index (χ3v) is 2.67. The molecule has 1 heterocycles. The van der Waals surface area contributed by atoms with Crippen molar-refractivity contribution in [2.24, 2.45) is 0 Å². The minimum absolute atomic E-state index is 0.489. The highest BCUT2D eigenvalue weighted by Gasteiger charge is 2.14. The molecular weight excluding hydrogens is 202 g/mol. The molecule has 0 bridgehead atoms. The molecule has 82 valence electrons. The van der Waals surface area contributed by atoms with Gasteiger partial charge in [-0.05, 0) is 24.5 Å². The number of aliphatic carboxylic acids is 1. The van der Waals surface area contributed by atoms with Gasteiger partial charge in [0, 0.05) is 18.2 Å². The van der Waals surface area contributed by atoms with E-state index in [0.29, 0.717) is 6.54 Å². The van der Waals surface area contributed by atoms with Gasteiger partial charge < -0.3 is 10.0 Å². The second kappa shape index (κ2) is 4.71. The Morgan fingerprint density at radius 3 is 3.06 bits per heavy atom. The molecule has 0 saturated carbocycles. The van der Waals surface area contributed by atoms with Gasteiger partial charge in [0.1, 0.15) is 0 Å². The molecule has 0 radical (unpaired) electrons. The maximum absolute atomic E-state index is 10.3. The summed E-state index contributed by atoms with van der Waals surface area (Å²) in [5, 5.41) is 8.45. The lowest BCUT2D eigenvalue weighted by molar-refractivity contribution is -0.130. The maximum Gasteiger partial charge on any atom is 0.381 e. The third-order valence-electron chi connectivity index (χ3n) is 2.67. The number of fused-ring (bicyclic) bond motifs is 1. The Hall–Kier alpha value is -1.95. The number of carboxylic acids is 1. The summed E-state index contributed by atoms with van der Waals surface area (Å²) in [5.74, 6) is 3.76. The van der Waals surface area contributed by atoms with E-state index in [1.54, 1.807) is 0 Å². The zero-order chi connectivity index (χ0) is 11.4. The summed E-state index contributed by atoms with van der Waals surface area (Å²) in [6.45, 7) is 1.44. The first-order valence-electron chi connectivity index (χ1n) is 5.32. The molecule has 0 fully saturated rings. The zero-order valence-corrected chi connectivity index (χ0v) is 8.94. The normalized spacial score (nSPS) is 13.6. The fourth-order valence-electron chi connectivity index (χ4n) is 1.99. The van der Waals surface area contributed by atoms with Crippen molar-refractivity contribution in [3.05, 3.63) is 29.8 Å². The van der Waals surface area contributed by atoms with E-state index >= 15 is 0 Å². The van der Waals surface area contributed by atoms with Crippen molar-refractivity contribution >= 4 is 11.7 Å². The van der Waals surface area contributed by atoms with Crippen LogP contribution in [0.3, 0.4) is 0 Å². The Balaban J connectivity index is 2.14. The summed E-state index contributed by atoms with van der Waals surface area (Å²) in [7, 11) is 0. The molecule has 0 unspecified atom stereocenters. The maximum atomic E-state index is 10.3. The standard InChI is InChI=1S/C13H13NO2/c15-13(16)8-4-10-14-9-3-6-11-5-1-2-7-12(11)14/h1-2,5,7H,3,6,9-10H2,(H,15,16). The van der Waals surface area contributed by atoms with Crippen molar-refractivity contribution in [3.8, 4) is 11.8 Å². The van der Waals surface area contributed by atoms with Crippen molar-refractivity contribution in [2.75, 3.05) is 18.0 Å². The lowest BCUT2D eigenvalue weighted by atomic mass is 10.0. The van der Waals surface area contributed by atoms with Crippen LogP contribution in [0.2, 0.25) is 0 Å². The van der Waals surface area contributed by atoms with Crippen LogP contribution in [0.4, 0.5) is 5.69 Å². The number of carbonyl (C=O) groups is 1. The minimum Gasteiger partial charge on any atom is -0.472 e. The molecule has 0 atom stereocenters. The lowest BCUT2D eigenvalue weighted by Gasteiger charge is -2.29. The van der Waals surface area contributed by atoms with Crippen LogP contribution in [0.15, 0.2) is 24.3 Å². The minimum atomic E-state index is -1.06. The summed E-state index contributed by atoms with van der Waals surface area (Å²) in [4.78, 5) is 12.4.